The predicted octanol–water partition coefficient (Wildman–Crippen LogP) is 1.92. The van der Waals surface area contributed by atoms with Gasteiger partial charge in [0.1, 0.15) is 12.4 Å². The summed E-state index contributed by atoms with van der Waals surface area (Å²) in [4.78, 5) is 19.2. The van der Waals surface area contributed by atoms with Gasteiger partial charge in [-0.2, -0.15) is 4.31 Å². The SMILES string of the molecule is COCCOc1ccc(N2CCN(S(=O)(=O)CCCOCCCC(=O)NOC3CCCCO3)CC2)cc1. The van der Waals surface area contributed by atoms with Gasteiger partial charge in [-0.05, 0) is 49.9 Å². The number of piperazine rings is 1. The molecular formula is C25H41N3O8S. The zero-order valence-electron chi connectivity index (χ0n) is 21.8. The minimum absolute atomic E-state index is 0.0518. The molecule has 1 atom stereocenters. The molecule has 2 fully saturated rings. The summed E-state index contributed by atoms with van der Waals surface area (Å²) in [6.45, 7) is 4.61. The second-order valence-corrected chi connectivity index (χ2v) is 11.1. The molecule has 2 saturated heterocycles. The molecule has 0 aromatic heterocycles. The first-order chi connectivity index (χ1) is 18.0. The van der Waals surface area contributed by atoms with Gasteiger partial charge >= 0.3 is 0 Å². The third-order valence-electron chi connectivity index (χ3n) is 6.22. The van der Waals surface area contributed by atoms with Crippen molar-refractivity contribution in [3.8, 4) is 5.75 Å². The zero-order valence-corrected chi connectivity index (χ0v) is 22.6. The van der Waals surface area contributed by atoms with E-state index in [1.165, 1.54) is 0 Å². The Morgan fingerprint density at radius 3 is 2.49 bits per heavy atom. The number of methoxy groups -OCH3 is 1. The summed E-state index contributed by atoms with van der Waals surface area (Å²) < 4.78 is 48.5. The van der Waals surface area contributed by atoms with Crippen LogP contribution in [-0.4, -0.2) is 97.0 Å². The summed E-state index contributed by atoms with van der Waals surface area (Å²) in [5.41, 5.74) is 3.47. The van der Waals surface area contributed by atoms with Crippen LogP contribution in [0.2, 0.25) is 0 Å². The van der Waals surface area contributed by atoms with E-state index in [-0.39, 0.29) is 24.4 Å². The number of anilines is 1. The Morgan fingerprint density at radius 2 is 1.78 bits per heavy atom. The molecule has 37 heavy (non-hydrogen) atoms. The third kappa shape index (κ3) is 10.7. The van der Waals surface area contributed by atoms with Gasteiger partial charge in [0.25, 0.3) is 0 Å². The molecule has 12 heteroatoms. The normalized spacial score (nSPS) is 19.1. The molecule has 11 nitrogen and oxygen atoms in total. The van der Waals surface area contributed by atoms with Gasteiger partial charge in [0.2, 0.25) is 15.9 Å². The van der Waals surface area contributed by atoms with Crippen molar-refractivity contribution in [3.05, 3.63) is 24.3 Å². The molecule has 2 aliphatic rings. The molecule has 210 valence electrons. The van der Waals surface area contributed by atoms with Crippen LogP contribution in [0.1, 0.15) is 38.5 Å². The number of sulfonamides is 1. The minimum Gasteiger partial charge on any atom is -0.491 e. The standard InChI is InChI=1S/C25H41N3O8S/c1-32-19-20-34-23-10-8-22(9-11-23)27-12-14-28(15-13-27)37(30,31)21-5-17-33-16-4-6-24(29)26-36-25-7-2-3-18-35-25/h8-11,25H,2-7,12-21H2,1H3,(H,26,29). The number of nitrogens with one attached hydrogen (secondary N) is 1. The maximum Gasteiger partial charge on any atom is 0.243 e. The number of ether oxygens (including phenoxy) is 4. The highest BCUT2D eigenvalue weighted by atomic mass is 32.2. The molecule has 1 unspecified atom stereocenters. The van der Waals surface area contributed by atoms with E-state index in [4.69, 9.17) is 23.8 Å². The van der Waals surface area contributed by atoms with Crippen LogP contribution in [0, 0.1) is 0 Å². The van der Waals surface area contributed by atoms with Gasteiger partial charge < -0.3 is 23.8 Å². The van der Waals surface area contributed by atoms with Crippen molar-refractivity contribution >= 4 is 21.6 Å². The van der Waals surface area contributed by atoms with E-state index >= 15 is 0 Å². The average molecular weight is 544 g/mol. The lowest BCUT2D eigenvalue weighted by atomic mass is 10.2. The number of benzene rings is 1. The van der Waals surface area contributed by atoms with E-state index in [1.807, 2.05) is 24.3 Å². The number of nitrogens with zero attached hydrogens (tertiary/aromatic N) is 2. The van der Waals surface area contributed by atoms with Crippen LogP contribution < -0.4 is 15.1 Å². The fraction of sp³-hybridized carbons (Fsp3) is 0.720. The molecule has 0 radical (unpaired) electrons. The molecule has 0 saturated carbocycles. The van der Waals surface area contributed by atoms with Gasteiger partial charge in [0.15, 0.2) is 6.29 Å². The number of carbonyl (C=O) groups is 1. The van der Waals surface area contributed by atoms with Crippen molar-refractivity contribution in [3.63, 3.8) is 0 Å². The molecule has 1 amide bonds. The van der Waals surface area contributed by atoms with E-state index < -0.39 is 10.0 Å². The molecule has 2 aliphatic heterocycles. The largest absolute Gasteiger partial charge is 0.491 e. The van der Waals surface area contributed by atoms with Crippen molar-refractivity contribution < 1.29 is 37.0 Å². The van der Waals surface area contributed by atoms with E-state index in [2.05, 4.69) is 10.4 Å². The van der Waals surface area contributed by atoms with E-state index in [0.717, 1.165) is 30.7 Å². The topological polar surface area (TPSA) is 116 Å². The van der Waals surface area contributed by atoms with Crippen LogP contribution >= 0.6 is 0 Å². The van der Waals surface area contributed by atoms with Crippen molar-refractivity contribution in [1.29, 1.82) is 0 Å². The summed E-state index contributed by atoms with van der Waals surface area (Å²) in [5, 5.41) is 0. The summed E-state index contributed by atoms with van der Waals surface area (Å²) in [7, 11) is -1.69. The number of hydrogen-bond acceptors (Lipinski definition) is 9. The first kappa shape index (κ1) is 29.6. The molecule has 0 spiro atoms. The summed E-state index contributed by atoms with van der Waals surface area (Å²) in [5.74, 6) is 0.619. The highest BCUT2D eigenvalue weighted by Gasteiger charge is 2.26. The fourth-order valence-corrected chi connectivity index (χ4v) is 5.58. The average Bonchev–Trinajstić information content (AvgIpc) is 2.92. The highest BCUT2D eigenvalue weighted by Crippen LogP contribution is 2.22. The number of hydrogen-bond donors (Lipinski definition) is 1. The summed E-state index contributed by atoms with van der Waals surface area (Å²) >= 11 is 0. The Kier molecular flexibility index (Phi) is 12.9. The van der Waals surface area contributed by atoms with Gasteiger partial charge in [-0.3, -0.25) is 4.79 Å². The Labute approximate surface area is 220 Å². The van der Waals surface area contributed by atoms with Gasteiger partial charge in [0, 0.05) is 71.6 Å². The van der Waals surface area contributed by atoms with E-state index in [1.54, 1.807) is 11.4 Å². The van der Waals surface area contributed by atoms with Crippen molar-refractivity contribution in [2.24, 2.45) is 0 Å². The van der Waals surface area contributed by atoms with E-state index in [9.17, 15) is 13.2 Å². The lowest BCUT2D eigenvalue weighted by Gasteiger charge is -2.35. The Balaban J connectivity index is 1.23. The monoisotopic (exact) mass is 543 g/mol. The first-order valence-electron chi connectivity index (χ1n) is 13.1. The number of rotatable bonds is 16. The number of carbonyl (C=O) groups excluding carboxylic acids is 1. The number of hydroxylamine groups is 1. The molecule has 2 heterocycles. The Morgan fingerprint density at radius 1 is 1.03 bits per heavy atom. The molecule has 3 rings (SSSR count). The molecule has 0 bridgehead atoms. The van der Waals surface area contributed by atoms with Crippen LogP contribution in [0.15, 0.2) is 24.3 Å². The Hall–Kier alpha value is -1.96. The van der Waals surface area contributed by atoms with Crippen LogP contribution in [0.5, 0.6) is 5.75 Å². The summed E-state index contributed by atoms with van der Waals surface area (Å²) in [6, 6.07) is 7.82. The van der Waals surface area contributed by atoms with Crippen LogP contribution in [-0.2, 0) is 33.9 Å². The van der Waals surface area contributed by atoms with Gasteiger partial charge in [0.05, 0.1) is 12.4 Å². The van der Waals surface area contributed by atoms with Crippen LogP contribution in [0.4, 0.5) is 5.69 Å². The second kappa shape index (κ2) is 16.1. The van der Waals surface area contributed by atoms with Crippen molar-refractivity contribution in [2.75, 3.05) is 77.0 Å². The second-order valence-electron chi connectivity index (χ2n) is 9.05. The number of amides is 1. The van der Waals surface area contributed by atoms with Crippen molar-refractivity contribution in [1.82, 2.24) is 9.79 Å². The quantitative estimate of drug-likeness (QED) is 0.247. The predicted molar refractivity (Wildman–Crippen MR) is 139 cm³/mol. The van der Waals surface area contributed by atoms with Gasteiger partial charge in [-0.25, -0.2) is 18.7 Å². The lowest BCUT2D eigenvalue weighted by molar-refractivity contribution is -0.200. The lowest BCUT2D eigenvalue weighted by Crippen LogP contribution is -2.49. The first-order valence-corrected chi connectivity index (χ1v) is 14.7. The van der Waals surface area contributed by atoms with Crippen LogP contribution in [0.3, 0.4) is 0 Å². The van der Waals surface area contributed by atoms with Crippen molar-refractivity contribution in [2.45, 2.75) is 44.8 Å². The molecule has 1 N–H and O–H groups in total. The summed E-state index contributed by atoms with van der Waals surface area (Å²) in [6.07, 6.45) is 3.70. The van der Waals surface area contributed by atoms with Crippen LogP contribution in [0.25, 0.3) is 0 Å². The van der Waals surface area contributed by atoms with E-state index in [0.29, 0.717) is 72.1 Å². The highest BCUT2D eigenvalue weighted by molar-refractivity contribution is 7.89. The molecule has 1 aromatic carbocycles. The molecule has 1 aromatic rings. The van der Waals surface area contributed by atoms with Gasteiger partial charge in [-0.1, -0.05) is 0 Å². The fourth-order valence-electron chi connectivity index (χ4n) is 4.12. The van der Waals surface area contributed by atoms with Gasteiger partial charge in [-0.15, -0.1) is 0 Å². The zero-order chi connectivity index (χ0) is 26.3. The maximum absolute atomic E-state index is 12.7. The smallest absolute Gasteiger partial charge is 0.243 e. The maximum atomic E-state index is 12.7. The third-order valence-corrected chi connectivity index (χ3v) is 8.17. The molecule has 0 aliphatic carbocycles. The minimum atomic E-state index is -3.33. The Bertz CT molecular complexity index is 886. The molecular weight excluding hydrogens is 502 g/mol.